The minimum Gasteiger partial charge on any atom is -0.497 e. The smallest absolute Gasteiger partial charge is 0.127 e. The highest BCUT2D eigenvalue weighted by molar-refractivity contribution is 5.85. The summed E-state index contributed by atoms with van der Waals surface area (Å²) in [5.74, 6) is -0.0217. The quantitative estimate of drug-likeness (QED) is 0.838. The zero-order valence-corrected chi connectivity index (χ0v) is 9.42. The number of halogens is 2. The van der Waals surface area contributed by atoms with Crippen molar-refractivity contribution in [3.8, 4) is 5.75 Å². The largest absolute Gasteiger partial charge is 0.497 e. The van der Waals surface area contributed by atoms with Gasteiger partial charge in [-0.15, -0.1) is 12.4 Å². The predicted molar refractivity (Wildman–Crippen MR) is 58.8 cm³/mol. The first-order valence-corrected chi connectivity index (χ1v) is 4.32. The Morgan fingerprint density at radius 2 is 2.00 bits per heavy atom. The molecule has 15 heavy (non-hydrogen) atoms. The molecule has 0 fully saturated rings. The normalized spacial score (nSPS) is 13.9. The Balaban J connectivity index is 0.00000196. The number of ether oxygens (including phenoxy) is 1. The van der Waals surface area contributed by atoms with E-state index < -0.39 is 18.0 Å². The molecule has 0 aliphatic heterocycles. The van der Waals surface area contributed by atoms with E-state index in [9.17, 15) is 9.50 Å². The van der Waals surface area contributed by atoms with Crippen LogP contribution >= 0.6 is 12.4 Å². The van der Waals surface area contributed by atoms with Gasteiger partial charge in [-0.3, -0.25) is 0 Å². The number of aliphatic hydroxyl groups is 1. The molecule has 3 nitrogen and oxygen atoms in total. The van der Waals surface area contributed by atoms with Crippen molar-refractivity contribution in [1.29, 1.82) is 0 Å². The van der Waals surface area contributed by atoms with Crippen LogP contribution in [0.5, 0.6) is 5.75 Å². The molecule has 1 aromatic carbocycles. The summed E-state index contributed by atoms with van der Waals surface area (Å²) in [6, 6.07) is 3.57. The lowest BCUT2D eigenvalue weighted by molar-refractivity contribution is 0.164. The highest BCUT2D eigenvalue weighted by Gasteiger charge is 2.13. The van der Waals surface area contributed by atoms with E-state index in [4.69, 9.17) is 10.5 Å². The minimum atomic E-state index is -0.721. The lowest BCUT2D eigenvalue weighted by atomic mass is 10.0. The average molecular weight is 236 g/mol. The third-order valence-corrected chi connectivity index (χ3v) is 2.03. The molecule has 0 saturated heterocycles. The second-order valence-corrected chi connectivity index (χ2v) is 3.19. The van der Waals surface area contributed by atoms with E-state index in [0.29, 0.717) is 11.3 Å². The first-order chi connectivity index (χ1) is 6.54. The molecular formula is C10H15ClFNO2. The van der Waals surface area contributed by atoms with Gasteiger partial charge in [-0.2, -0.15) is 0 Å². The van der Waals surface area contributed by atoms with Gasteiger partial charge in [-0.05, 0) is 24.6 Å². The van der Waals surface area contributed by atoms with E-state index in [0.717, 1.165) is 0 Å². The lowest BCUT2D eigenvalue weighted by Crippen LogP contribution is -2.23. The van der Waals surface area contributed by atoms with Crippen LogP contribution in [0.4, 0.5) is 4.39 Å². The molecule has 0 aromatic heterocycles. The average Bonchev–Trinajstić information content (AvgIpc) is 2.15. The van der Waals surface area contributed by atoms with E-state index in [1.165, 1.54) is 19.2 Å². The summed E-state index contributed by atoms with van der Waals surface area (Å²) in [6.07, 6.45) is -0.721. The Kier molecular flexibility index (Phi) is 5.57. The van der Waals surface area contributed by atoms with Gasteiger partial charge < -0.3 is 15.6 Å². The zero-order valence-electron chi connectivity index (χ0n) is 8.61. The van der Waals surface area contributed by atoms with Gasteiger partial charge in [0.2, 0.25) is 0 Å². The van der Waals surface area contributed by atoms with E-state index in [1.54, 1.807) is 13.0 Å². The van der Waals surface area contributed by atoms with Gasteiger partial charge in [0.25, 0.3) is 0 Å². The van der Waals surface area contributed by atoms with Gasteiger partial charge in [0.05, 0.1) is 19.3 Å². The van der Waals surface area contributed by atoms with Crippen molar-refractivity contribution in [3.05, 3.63) is 29.6 Å². The van der Waals surface area contributed by atoms with Crippen molar-refractivity contribution < 1.29 is 14.2 Å². The number of hydrogen-bond acceptors (Lipinski definition) is 3. The van der Waals surface area contributed by atoms with Crippen molar-refractivity contribution in [2.24, 2.45) is 5.73 Å². The van der Waals surface area contributed by atoms with Gasteiger partial charge >= 0.3 is 0 Å². The molecule has 0 aliphatic carbocycles. The van der Waals surface area contributed by atoms with E-state index in [2.05, 4.69) is 0 Å². The van der Waals surface area contributed by atoms with Crippen LogP contribution in [-0.4, -0.2) is 18.3 Å². The Morgan fingerprint density at radius 3 is 2.47 bits per heavy atom. The topological polar surface area (TPSA) is 55.5 Å². The van der Waals surface area contributed by atoms with Crippen molar-refractivity contribution in [1.82, 2.24) is 0 Å². The monoisotopic (exact) mass is 235 g/mol. The fourth-order valence-corrected chi connectivity index (χ4v) is 1.17. The number of benzene rings is 1. The van der Waals surface area contributed by atoms with Crippen LogP contribution in [0.15, 0.2) is 18.2 Å². The summed E-state index contributed by atoms with van der Waals surface area (Å²) in [4.78, 5) is 0. The predicted octanol–water partition coefficient (Wildman–Crippen LogP) is 1.64. The summed E-state index contributed by atoms with van der Waals surface area (Å²) >= 11 is 0. The molecule has 0 saturated carbocycles. The van der Waals surface area contributed by atoms with Crippen LogP contribution in [0.25, 0.3) is 0 Å². The maximum atomic E-state index is 13.0. The van der Waals surface area contributed by atoms with Crippen molar-refractivity contribution in [3.63, 3.8) is 0 Å². The molecule has 2 atom stereocenters. The number of nitrogens with two attached hydrogens (primary N) is 1. The Hall–Kier alpha value is -0.840. The molecule has 0 aliphatic rings. The second kappa shape index (κ2) is 5.90. The van der Waals surface area contributed by atoms with Gasteiger partial charge in [-0.1, -0.05) is 0 Å². The van der Waals surface area contributed by atoms with E-state index in [1.807, 2.05) is 0 Å². The molecule has 0 heterocycles. The Labute approximate surface area is 94.5 Å². The van der Waals surface area contributed by atoms with Crippen molar-refractivity contribution in [2.75, 3.05) is 7.11 Å². The van der Waals surface area contributed by atoms with Gasteiger partial charge in [0.15, 0.2) is 0 Å². The van der Waals surface area contributed by atoms with Crippen LogP contribution in [0.3, 0.4) is 0 Å². The molecular weight excluding hydrogens is 221 g/mol. The SMILES string of the molecule is COc1cc(F)cc([C@@H](N)[C@H](C)O)c1.Cl. The minimum absolute atomic E-state index is 0. The van der Waals surface area contributed by atoms with Gasteiger partial charge in [0, 0.05) is 6.07 Å². The summed E-state index contributed by atoms with van der Waals surface area (Å²) in [7, 11) is 1.45. The van der Waals surface area contributed by atoms with Crippen LogP contribution in [0, 0.1) is 5.82 Å². The molecule has 0 unspecified atom stereocenters. The third kappa shape index (κ3) is 3.66. The molecule has 0 radical (unpaired) electrons. The fraction of sp³-hybridized carbons (Fsp3) is 0.400. The number of methoxy groups -OCH3 is 1. The standard InChI is InChI=1S/C10H14FNO2.ClH/c1-6(13)10(12)7-3-8(11)5-9(4-7)14-2;/h3-6,10,13H,12H2,1-2H3;1H/t6-,10-;/m0./s1. The summed E-state index contributed by atoms with van der Waals surface area (Å²) in [6.45, 7) is 1.56. The number of rotatable bonds is 3. The highest BCUT2D eigenvalue weighted by atomic mass is 35.5. The fourth-order valence-electron chi connectivity index (χ4n) is 1.17. The number of hydrogen-bond donors (Lipinski definition) is 2. The maximum Gasteiger partial charge on any atom is 0.127 e. The Morgan fingerprint density at radius 1 is 1.40 bits per heavy atom. The lowest BCUT2D eigenvalue weighted by Gasteiger charge is -2.15. The third-order valence-electron chi connectivity index (χ3n) is 2.03. The van der Waals surface area contributed by atoms with Gasteiger partial charge in [-0.25, -0.2) is 4.39 Å². The van der Waals surface area contributed by atoms with Crippen molar-refractivity contribution >= 4 is 12.4 Å². The zero-order chi connectivity index (χ0) is 10.7. The van der Waals surface area contributed by atoms with Crippen LogP contribution < -0.4 is 10.5 Å². The first kappa shape index (κ1) is 14.2. The molecule has 0 amide bonds. The summed E-state index contributed by atoms with van der Waals surface area (Å²) < 4.78 is 17.9. The molecule has 5 heteroatoms. The van der Waals surface area contributed by atoms with Crippen molar-refractivity contribution in [2.45, 2.75) is 19.1 Å². The summed E-state index contributed by atoms with van der Waals surface area (Å²) in [5, 5.41) is 9.24. The van der Waals surface area contributed by atoms with Crippen LogP contribution in [0.2, 0.25) is 0 Å². The number of aliphatic hydroxyl groups excluding tert-OH is 1. The summed E-state index contributed by atoms with van der Waals surface area (Å²) in [5.41, 5.74) is 6.18. The van der Waals surface area contributed by atoms with Gasteiger partial charge in [0.1, 0.15) is 11.6 Å². The van der Waals surface area contributed by atoms with E-state index >= 15 is 0 Å². The molecule has 3 N–H and O–H groups in total. The first-order valence-electron chi connectivity index (χ1n) is 4.32. The molecule has 1 aromatic rings. The Bertz CT molecular complexity index is 320. The molecule has 0 bridgehead atoms. The second-order valence-electron chi connectivity index (χ2n) is 3.19. The molecule has 0 spiro atoms. The maximum absolute atomic E-state index is 13.0. The highest BCUT2D eigenvalue weighted by Crippen LogP contribution is 2.21. The molecule has 86 valence electrons. The van der Waals surface area contributed by atoms with E-state index in [-0.39, 0.29) is 12.4 Å². The molecule has 1 rings (SSSR count). The van der Waals surface area contributed by atoms with Crippen LogP contribution in [0.1, 0.15) is 18.5 Å². The van der Waals surface area contributed by atoms with Crippen LogP contribution in [-0.2, 0) is 0 Å².